The summed E-state index contributed by atoms with van der Waals surface area (Å²) in [6.45, 7) is -0.189. The van der Waals surface area contributed by atoms with Crippen molar-refractivity contribution in [2.75, 3.05) is 13.7 Å². The molecule has 1 N–H and O–H groups in total. The van der Waals surface area contributed by atoms with Crippen molar-refractivity contribution in [1.82, 2.24) is 5.43 Å². The first-order valence-corrected chi connectivity index (χ1v) is 10.7. The molecule has 0 atom stereocenters. The summed E-state index contributed by atoms with van der Waals surface area (Å²) in [5, 5.41) is 4.78. The van der Waals surface area contributed by atoms with E-state index < -0.39 is 11.9 Å². The van der Waals surface area contributed by atoms with Crippen LogP contribution in [0.15, 0.2) is 54.9 Å². The van der Waals surface area contributed by atoms with Crippen LogP contribution in [0.25, 0.3) is 11.0 Å². The van der Waals surface area contributed by atoms with Crippen molar-refractivity contribution in [3.8, 4) is 5.75 Å². The predicted octanol–water partition coefficient (Wildman–Crippen LogP) is 4.88. The third-order valence-electron chi connectivity index (χ3n) is 3.67. The van der Waals surface area contributed by atoms with Crippen molar-refractivity contribution in [3.05, 3.63) is 60.2 Å². The molecule has 0 unspecified atom stereocenters. The highest BCUT2D eigenvalue weighted by Crippen LogP contribution is 2.28. The first kappa shape index (κ1) is 21.8. The number of hydrogen-bond donors (Lipinski definition) is 1. The Bertz CT molecular complexity index is 1110. The first-order chi connectivity index (χ1) is 13.9. The number of ether oxygens (including phenoxy) is 2. The zero-order chi connectivity index (χ0) is 21.0. The molecule has 29 heavy (non-hydrogen) atoms. The summed E-state index contributed by atoms with van der Waals surface area (Å²) in [6, 6.07) is 10.6. The summed E-state index contributed by atoms with van der Waals surface area (Å²) < 4.78 is 17.9. The number of rotatable bonds is 6. The normalized spacial score (nSPS) is 11.0. The van der Waals surface area contributed by atoms with Gasteiger partial charge in [0.25, 0.3) is 0 Å². The van der Waals surface area contributed by atoms with Gasteiger partial charge in [-0.15, -0.1) is 0 Å². The van der Waals surface area contributed by atoms with E-state index in [0.717, 1.165) is 13.4 Å². The summed E-state index contributed by atoms with van der Waals surface area (Å²) in [7, 11) is 1.29. The summed E-state index contributed by atoms with van der Waals surface area (Å²) in [6.07, 6.45) is 1.48. The summed E-state index contributed by atoms with van der Waals surface area (Å²) in [5.41, 5.74) is 3.80. The highest BCUT2D eigenvalue weighted by Gasteiger charge is 2.14. The summed E-state index contributed by atoms with van der Waals surface area (Å²) in [5.74, 6) is -0.278. The third-order valence-corrected chi connectivity index (χ3v) is 5.55. The lowest BCUT2D eigenvalue weighted by atomic mass is 10.2. The number of amides is 1. The van der Waals surface area contributed by atoms with Crippen LogP contribution >= 0.6 is 54.5 Å². The molecule has 0 fully saturated rings. The van der Waals surface area contributed by atoms with Gasteiger partial charge in [0.2, 0.25) is 0 Å². The topological polar surface area (TPSA) is 90.1 Å². The SMILES string of the molecule is COC(=O)COc1ccc(/C=N\NC(=O)c2cc3cc(Br)cc(I)c3o2)cc1Br. The molecule has 150 valence electrons. The fourth-order valence-corrected chi connectivity index (χ4v) is 4.49. The van der Waals surface area contributed by atoms with E-state index in [1.807, 2.05) is 12.1 Å². The molecular formula is C19H13Br2IN2O5. The second-order valence-corrected chi connectivity index (χ2v) is 8.60. The summed E-state index contributed by atoms with van der Waals surface area (Å²) in [4.78, 5) is 23.4. The van der Waals surface area contributed by atoms with Crippen LogP contribution < -0.4 is 10.2 Å². The number of carbonyl (C=O) groups excluding carboxylic acids is 2. The van der Waals surface area contributed by atoms with Gasteiger partial charge in [0.15, 0.2) is 12.4 Å². The lowest BCUT2D eigenvalue weighted by Crippen LogP contribution is -2.16. The van der Waals surface area contributed by atoms with Gasteiger partial charge in [-0.3, -0.25) is 4.79 Å². The Labute approximate surface area is 196 Å². The average Bonchev–Trinajstić information content (AvgIpc) is 3.11. The van der Waals surface area contributed by atoms with E-state index in [4.69, 9.17) is 9.15 Å². The molecule has 0 spiro atoms. The van der Waals surface area contributed by atoms with Crippen molar-refractivity contribution in [2.24, 2.45) is 5.10 Å². The maximum absolute atomic E-state index is 12.3. The van der Waals surface area contributed by atoms with Crippen LogP contribution in [0.4, 0.5) is 0 Å². The van der Waals surface area contributed by atoms with Crippen LogP contribution in [-0.2, 0) is 9.53 Å². The van der Waals surface area contributed by atoms with Gasteiger partial charge in [0, 0.05) is 9.86 Å². The van der Waals surface area contributed by atoms with E-state index >= 15 is 0 Å². The van der Waals surface area contributed by atoms with Crippen molar-refractivity contribution < 1.29 is 23.5 Å². The number of hydrazone groups is 1. The van der Waals surface area contributed by atoms with E-state index in [1.165, 1.54) is 13.3 Å². The van der Waals surface area contributed by atoms with Gasteiger partial charge in [-0.05, 0) is 80.5 Å². The maximum Gasteiger partial charge on any atom is 0.343 e. The Balaban J connectivity index is 1.65. The lowest BCUT2D eigenvalue weighted by molar-refractivity contribution is -0.142. The molecule has 1 heterocycles. The van der Waals surface area contributed by atoms with Crippen LogP contribution in [0.1, 0.15) is 16.1 Å². The molecule has 3 rings (SSSR count). The number of nitrogens with one attached hydrogen (secondary N) is 1. The van der Waals surface area contributed by atoms with Gasteiger partial charge in [-0.1, -0.05) is 15.9 Å². The average molecular weight is 636 g/mol. The van der Waals surface area contributed by atoms with E-state index in [9.17, 15) is 9.59 Å². The minimum atomic E-state index is -0.474. The Morgan fingerprint density at radius 2 is 2.03 bits per heavy atom. The minimum absolute atomic E-state index is 0.168. The van der Waals surface area contributed by atoms with Crippen LogP contribution in [0.5, 0.6) is 5.75 Å². The number of hydrogen-bond acceptors (Lipinski definition) is 6. The first-order valence-electron chi connectivity index (χ1n) is 8.08. The molecule has 1 amide bonds. The Morgan fingerprint density at radius 1 is 1.24 bits per heavy atom. The Kier molecular flexibility index (Phi) is 7.30. The second kappa shape index (κ2) is 9.72. The molecule has 2 aromatic carbocycles. The smallest absolute Gasteiger partial charge is 0.343 e. The Hall–Kier alpha value is -1.92. The molecule has 0 aliphatic rings. The van der Waals surface area contributed by atoms with Gasteiger partial charge in [-0.2, -0.15) is 5.10 Å². The van der Waals surface area contributed by atoms with Crippen molar-refractivity contribution in [1.29, 1.82) is 0 Å². The van der Waals surface area contributed by atoms with Crippen molar-refractivity contribution in [3.63, 3.8) is 0 Å². The zero-order valence-electron chi connectivity index (χ0n) is 14.9. The number of benzene rings is 2. The van der Waals surface area contributed by atoms with E-state index in [0.29, 0.717) is 21.4 Å². The predicted molar refractivity (Wildman–Crippen MR) is 123 cm³/mol. The number of nitrogens with zero attached hydrogens (tertiary/aromatic N) is 1. The van der Waals surface area contributed by atoms with Crippen molar-refractivity contribution >= 4 is 83.5 Å². The van der Waals surface area contributed by atoms with Gasteiger partial charge < -0.3 is 13.9 Å². The van der Waals surface area contributed by atoms with Gasteiger partial charge in [0.1, 0.15) is 11.3 Å². The molecule has 0 bridgehead atoms. The van der Waals surface area contributed by atoms with Crippen molar-refractivity contribution in [2.45, 2.75) is 0 Å². The fraction of sp³-hybridized carbons (Fsp3) is 0.105. The third kappa shape index (κ3) is 5.58. The molecule has 0 saturated heterocycles. The highest BCUT2D eigenvalue weighted by molar-refractivity contribution is 14.1. The molecule has 3 aromatic rings. The molecular weight excluding hydrogens is 623 g/mol. The number of methoxy groups -OCH3 is 1. The largest absolute Gasteiger partial charge is 0.481 e. The molecule has 0 saturated carbocycles. The van der Waals surface area contributed by atoms with Gasteiger partial charge in [0.05, 0.1) is 21.4 Å². The standard InChI is InChI=1S/C19H13Br2IN2O5/c1-27-17(25)9-28-15-3-2-10(4-13(15)21)8-23-24-19(26)16-6-11-5-12(20)7-14(22)18(11)29-16/h2-8H,9H2,1H3,(H,24,26)/b23-8-. The monoisotopic (exact) mass is 634 g/mol. The number of furan rings is 1. The molecule has 1 aromatic heterocycles. The summed E-state index contributed by atoms with van der Waals surface area (Å²) >= 11 is 8.93. The quantitative estimate of drug-likeness (QED) is 0.181. The number of fused-ring (bicyclic) bond motifs is 1. The maximum atomic E-state index is 12.3. The van der Waals surface area contributed by atoms with Crippen LogP contribution in [0.3, 0.4) is 0 Å². The molecule has 10 heteroatoms. The van der Waals surface area contributed by atoms with Crippen LogP contribution in [0, 0.1) is 3.57 Å². The highest BCUT2D eigenvalue weighted by atomic mass is 127. The number of halogens is 3. The lowest BCUT2D eigenvalue weighted by Gasteiger charge is -2.07. The fourth-order valence-electron chi connectivity index (χ4n) is 2.32. The minimum Gasteiger partial charge on any atom is -0.481 e. The number of carbonyl (C=O) groups is 2. The second-order valence-electron chi connectivity index (χ2n) is 5.67. The molecule has 7 nitrogen and oxygen atoms in total. The molecule has 0 aliphatic carbocycles. The number of esters is 1. The van der Waals surface area contributed by atoms with Crippen LogP contribution in [0.2, 0.25) is 0 Å². The van der Waals surface area contributed by atoms with Gasteiger partial charge in [-0.25, -0.2) is 10.2 Å². The van der Waals surface area contributed by atoms with E-state index in [-0.39, 0.29) is 12.4 Å². The molecule has 0 aliphatic heterocycles. The van der Waals surface area contributed by atoms with E-state index in [1.54, 1.807) is 24.3 Å². The molecule has 0 radical (unpaired) electrons. The zero-order valence-corrected chi connectivity index (χ0v) is 20.2. The Morgan fingerprint density at radius 3 is 2.76 bits per heavy atom. The van der Waals surface area contributed by atoms with E-state index in [2.05, 4.69) is 69.7 Å². The van der Waals surface area contributed by atoms with Gasteiger partial charge >= 0.3 is 11.9 Å². The van der Waals surface area contributed by atoms with Crippen LogP contribution in [-0.4, -0.2) is 31.8 Å².